The zero-order valence-corrected chi connectivity index (χ0v) is 21.0. The van der Waals surface area contributed by atoms with Crippen LogP contribution < -0.4 is 9.86 Å². The molecule has 3 aromatic carbocycles. The lowest BCUT2D eigenvalue weighted by Gasteiger charge is -2.20. The van der Waals surface area contributed by atoms with Crippen molar-refractivity contribution in [1.82, 2.24) is 9.73 Å². The summed E-state index contributed by atoms with van der Waals surface area (Å²) in [4.78, 5) is 5.87. The molecule has 2 atom stereocenters. The molecule has 9 heteroatoms. The lowest BCUT2D eigenvalue weighted by Crippen LogP contribution is -2.35. The van der Waals surface area contributed by atoms with Crippen LogP contribution >= 0.6 is 35.5 Å². The number of nitrogens with one attached hydrogen (secondary N) is 1. The maximum Gasteiger partial charge on any atom is 0.225 e. The molecule has 34 heavy (non-hydrogen) atoms. The maximum absolute atomic E-state index is 13.6. The highest BCUT2D eigenvalue weighted by Crippen LogP contribution is 2.30. The maximum atomic E-state index is 13.6. The van der Waals surface area contributed by atoms with Gasteiger partial charge >= 0.3 is 0 Å². The van der Waals surface area contributed by atoms with Crippen molar-refractivity contribution in [2.24, 2.45) is 15.2 Å². The Morgan fingerprint density at radius 1 is 1.15 bits per heavy atom. The molecule has 176 valence electrons. The zero-order chi connectivity index (χ0) is 23.9. The van der Waals surface area contributed by atoms with Crippen molar-refractivity contribution in [1.29, 1.82) is 0 Å². The predicted octanol–water partition coefficient (Wildman–Crippen LogP) is 5.93. The first-order valence-corrected chi connectivity index (χ1v) is 13.0. The molecule has 0 spiro atoms. The third-order valence-electron chi connectivity index (χ3n) is 5.25. The molecule has 0 saturated heterocycles. The largest absolute Gasteiger partial charge is 0.295 e. The second kappa shape index (κ2) is 11.8. The van der Waals surface area contributed by atoms with Crippen LogP contribution in [0, 0.1) is 5.82 Å². The van der Waals surface area contributed by atoms with Crippen molar-refractivity contribution in [3.8, 4) is 0 Å². The van der Waals surface area contributed by atoms with Gasteiger partial charge in [0, 0.05) is 21.6 Å². The normalized spacial score (nSPS) is 16.9. The van der Waals surface area contributed by atoms with Crippen LogP contribution in [0.2, 0.25) is 5.02 Å². The minimum atomic E-state index is -0.271. The van der Waals surface area contributed by atoms with Crippen LogP contribution in [0.15, 0.2) is 93.9 Å². The molecule has 4 rings (SSSR count). The molecular formula is C25H25ClFN5S2. The Balaban J connectivity index is 1.66. The van der Waals surface area contributed by atoms with Crippen molar-refractivity contribution in [3.05, 3.63) is 101 Å². The summed E-state index contributed by atoms with van der Waals surface area (Å²) >= 11 is 8.73. The van der Waals surface area contributed by atoms with Crippen molar-refractivity contribution in [3.63, 3.8) is 0 Å². The lowest BCUT2D eigenvalue weighted by molar-refractivity contribution is 0.461. The van der Waals surface area contributed by atoms with E-state index in [2.05, 4.69) is 16.9 Å². The average molecular weight is 514 g/mol. The number of hydrazone groups is 1. The van der Waals surface area contributed by atoms with Crippen LogP contribution in [0.5, 0.6) is 0 Å². The van der Waals surface area contributed by atoms with E-state index in [0.717, 1.165) is 21.7 Å². The van der Waals surface area contributed by atoms with Crippen molar-refractivity contribution in [2.75, 3.05) is 12.3 Å². The van der Waals surface area contributed by atoms with Gasteiger partial charge in [-0.15, -0.1) is 0 Å². The molecule has 1 aliphatic heterocycles. The summed E-state index contributed by atoms with van der Waals surface area (Å²) in [5, 5.41) is 13.2. The van der Waals surface area contributed by atoms with Gasteiger partial charge in [-0.2, -0.15) is 5.10 Å². The third-order valence-corrected chi connectivity index (χ3v) is 6.97. The quantitative estimate of drug-likeness (QED) is 0.233. The topological polar surface area (TPSA) is 66.0 Å². The van der Waals surface area contributed by atoms with Gasteiger partial charge in [0.05, 0.1) is 18.3 Å². The number of guanidine groups is 1. The summed E-state index contributed by atoms with van der Waals surface area (Å²) in [6, 6.07) is 24.3. The van der Waals surface area contributed by atoms with Gasteiger partial charge in [0.1, 0.15) is 5.82 Å². The van der Waals surface area contributed by atoms with E-state index in [9.17, 15) is 4.39 Å². The molecule has 0 fully saturated rings. The number of benzene rings is 3. The van der Waals surface area contributed by atoms with Crippen LogP contribution in [0.1, 0.15) is 24.0 Å². The van der Waals surface area contributed by atoms with E-state index in [0.29, 0.717) is 23.3 Å². The Morgan fingerprint density at radius 3 is 2.53 bits per heavy atom. The molecule has 1 heterocycles. The van der Waals surface area contributed by atoms with Crippen molar-refractivity contribution in [2.45, 2.75) is 23.8 Å². The smallest absolute Gasteiger partial charge is 0.225 e. The number of halogens is 2. The number of rotatable bonds is 7. The minimum Gasteiger partial charge on any atom is -0.295 e. The van der Waals surface area contributed by atoms with Crippen LogP contribution in [-0.4, -0.2) is 35.0 Å². The Labute approximate surface area is 212 Å². The van der Waals surface area contributed by atoms with E-state index in [1.807, 2.05) is 54.4 Å². The molecular weight excluding hydrogens is 489 g/mol. The molecule has 0 aromatic heterocycles. The molecule has 0 radical (unpaired) electrons. The van der Waals surface area contributed by atoms with E-state index in [4.69, 9.17) is 26.8 Å². The zero-order valence-electron chi connectivity index (χ0n) is 18.6. The molecule has 0 amide bonds. The summed E-state index contributed by atoms with van der Waals surface area (Å²) in [6.07, 6.45) is 0. The van der Waals surface area contributed by atoms with Crippen LogP contribution in [0.3, 0.4) is 0 Å². The number of nitrogens with two attached hydrogens (primary N) is 1. The second-order valence-electron chi connectivity index (χ2n) is 7.83. The van der Waals surface area contributed by atoms with E-state index < -0.39 is 0 Å². The lowest BCUT2D eigenvalue weighted by atomic mass is 9.91. The van der Waals surface area contributed by atoms with Gasteiger partial charge in [0.2, 0.25) is 5.96 Å². The van der Waals surface area contributed by atoms with Gasteiger partial charge in [-0.05, 0) is 66.4 Å². The molecule has 5 nitrogen and oxygen atoms in total. The molecule has 1 unspecified atom stereocenters. The fourth-order valence-electron chi connectivity index (χ4n) is 3.60. The van der Waals surface area contributed by atoms with Gasteiger partial charge in [-0.25, -0.2) is 14.4 Å². The van der Waals surface area contributed by atoms with Crippen LogP contribution in [0.4, 0.5) is 4.39 Å². The molecule has 0 aliphatic carbocycles. The summed E-state index contributed by atoms with van der Waals surface area (Å²) < 4.78 is 17.0. The predicted molar refractivity (Wildman–Crippen MR) is 143 cm³/mol. The van der Waals surface area contributed by atoms with Crippen molar-refractivity contribution >= 4 is 47.2 Å². The van der Waals surface area contributed by atoms with Gasteiger partial charge in [0.15, 0.2) is 0 Å². The van der Waals surface area contributed by atoms with Crippen LogP contribution in [0.25, 0.3) is 0 Å². The Kier molecular flexibility index (Phi) is 8.50. The van der Waals surface area contributed by atoms with E-state index in [1.54, 1.807) is 12.1 Å². The van der Waals surface area contributed by atoms with E-state index >= 15 is 0 Å². The first kappa shape index (κ1) is 24.6. The van der Waals surface area contributed by atoms with Gasteiger partial charge in [-0.1, -0.05) is 66.0 Å². The highest BCUT2D eigenvalue weighted by molar-refractivity contribution is 7.98. The van der Waals surface area contributed by atoms with Gasteiger partial charge < -0.3 is 0 Å². The highest BCUT2D eigenvalue weighted by atomic mass is 35.5. The van der Waals surface area contributed by atoms with E-state index in [1.165, 1.54) is 36.0 Å². The summed E-state index contributed by atoms with van der Waals surface area (Å²) in [5.41, 5.74) is 2.90. The highest BCUT2D eigenvalue weighted by Gasteiger charge is 2.31. The fraction of sp³-hybridized carbons (Fsp3) is 0.200. The number of nitrogens with zero attached hydrogens (tertiary/aromatic N) is 3. The Morgan fingerprint density at radius 2 is 1.85 bits per heavy atom. The first-order valence-electron chi connectivity index (χ1n) is 10.8. The standard InChI is InChI=1S/C25H25ClFN5S2/c1-17(16-33-28)29-25(31-34-22-13-9-20(26)10-14-22)32-15-23(18-5-3-2-4-6-18)24(30-32)19-7-11-21(27)12-8-19/h2-14,17,23H,15-16,28H2,1H3,(H,29,31)/t17-,23?/m0/s1. The molecule has 3 N–H and O–H groups in total. The molecule has 0 saturated carbocycles. The van der Waals surface area contributed by atoms with E-state index in [-0.39, 0.29) is 17.8 Å². The summed E-state index contributed by atoms with van der Waals surface area (Å²) in [6.45, 7) is 2.62. The minimum absolute atomic E-state index is 0.0106. The monoisotopic (exact) mass is 513 g/mol. The molecule has 1 aliphatic rings. The van der Waals surface area contributed by atoms with Gasteiger partial charge in [-0.3, -0.25) is 9.86 Å². The Bertz CT molecular complexity index is 1140. The molecule has 0 bridgehead atoms. The van der Waals surface area contributed by atoms with Crippen molar-refractivity contribution < 1.29 is 4.39 Å². The van der Waals surface area contributed by atoms with Gasteiger partial charge in [0.25, 0.3) is 0 Å². The summed E-state index contributed by atoms with van der Waals surface area (Å²) in [7, 11) is 0. The third kappa shape index (κ3) is 6.33. The number of hydrogen-bond donors (Lipinski definition) is 2. The summed E-state index contributed by atoms with van der Waals surface area (Å²) in [5.74, 6) is 1.06. The fourth-order valence-corrected chi connectivity index (χ4v) is 4.72. The Hall–Kier alpha value is -2.52. The second-order valence-corrected chi connectivity index (χ2v) is 9.81. The SMILES string of the molecule is C[C@@H](CSN)N=C(NSc1ccc(Cl)cc1)N1CC(c2ccccc2)C(c2ccc(F)cc2)=N1. The van der Waals surface area contributed by atoms with Crippen LogP contribution in [-0.2, 0) is 0 Å². The number of aliphatic imine (C=N–C) groups is 1. The first-order chi connectivity index (χ1) is 16.5. The average Bonchev–Trinajstić information content (AvgIpc) is 3.29. The molecule has 3 aromatic rings. The number of hydrogen-bond acceptors (Lipinski definition) is 5.